The topological polar surface area (TPSA) is 55.4 Å². The molecule has 1 aromatic rings. The molecule has 1 aromatic carbocycles. The van der Waals surface area contributed by atoms with E-state index < -0.39 is 5.54 Å². The van der Waals surface area contributed by atoms with Crippen molar-refractivity contribution >= 4 is 11.9 Å². The summed E-state index contributed by atoms with van der Waals surface area (Å²) in [5, 5.41) is 2.81. The number of hydrogen-bond acceptors (Lipinski definition) is 3. The highest BCUT2D eigenvalue weighted by Crippen LogP contribution is 2.30. The van der Waals surface area contributed by atoms with Crippen molar-refractivity contribution in [3.63, 3.8) is 0 Å². The first kappa shape index (κ1) is 13.6. The number of carbonyl (C=O) groups excluding carboxylic acids is 2. The van der Waals surface area contributed by atoms with Crippen LogP contribution in [0.1, 0.15) is 31.4 Å². The van der Waals surface area contributed by atoms with Gasteiger partial charge in [-0.25, -0.2) is 4.79 Å². The predicted octanol–water partition coefficient (Wildman–Crippen LogP) is 1.61. The number of rotatable bonds is 3. The van der Waals surface area contributed by atoms with Crippen molar-refractivity contribution in [2.24, 2.45) is 0 Å². The van der Waals surface area contributed by atoms with Crippen LogP contribution in [0.4, 0.5) is 0 Å². The van der Waals surface area contributed by atoms with Crippen molar-refractivity contribution in [2.75, 3.05) is 6.61 Å². The third-order valence-corrected chi connectivity index (χ3v) is 3.51. The number of aryl methyl sites for hydroxylation is 1. The Morgan fingerprint density at radius 1 is 1.32 bits per heavy atom. The van der Waals surface area contributed by atoms with Crippen LogP contribution < -0.4 is 5.32 Å². The fourth-order valence-electron chi connectivity index (χ4n) is 2.67. The van der Waals surface area contributed by atoms with Gasteiger partial charge in [0.2, 0.25) is 5.91 Å². The predicted molar refractivity (Wildman–Crippen MR) is 71.6 cm³/mol. The lowest BCUT2D eigenvalue weighted by Gasteiger charge is -2.36. The van der Waals surface area contributed by atoms with Gasteiger partial charge >= 0.3 is 5.97 Å². The number of esters is 1. The smallest absolute Gasteiger partial charge is 0.332 e. The molecule has 1 unspecified atom stereocenters. The lowest BCUT2D eigenvalue weighted by atomic mass is 9.78. The van der Waals surface area contributed by atoms with Crippen LogP contribution in [0.3, 0.4) is 0 Å². The van der Waals surface area contributed by atoms with E-state index in [1.807, 2.05) is 18.2 Å². The van der Waals surface area contributed by atoms with E-state index in [0.29, 0.717) is 19.4 Å². The van der Waals surface area contributed by atoms with Crippen LogP contribution >= 0.6 is 0 Å². The molecule has 102 valence electrons. The molecular formula is C15H19NO3. The second-order valence-corrected chi connectivity index (χ2v) is 4.93. The van der Waals surface area contributed by atoms with Crippen LogP contribution in [0.5, 0.6) is 0 Å². The fourth-order valence-corrected chi connectivity index (χ4v) is 2.67. The molecular weight excluding hydrogens is 242 g/mol. The Morgan fingerprint density at radius 3 is 2.63 bits per heavy atom. The van der Waals surface area contributed by atoms with Crippen molar-refractivity contribution < 1.29 is 14.3 Å². The normalized spacial score (nSPS) is 21.4. The third-order valence-electron chi connectivity index (χ3n) is 3.51. The number of amides is 1. The quantitative estimate of drug-likeness (QED) is 0.841. The molecule has 19 heavy (non-hydrogen) atoms. The minimum atomic E-state index is -0.907. The van der Waals surface area contributed by atoms with Gasteiger partial charge in [0.25, 0.3) is 0 Å². The van der Waals surface area contributed by atoms with Gasteiger partial charge < -0.3 is 10.1 Å². The number of nitrogens with one attached hydrogen (secondary N) is 1. The lowest BCUT2D eigenvalue weighted by molar-refractivity contribution is -0.153. The van der Waals surface area contributed by atoms with Gasteiger partial charge in [-0.15, -0.1) is 0 Å². The average Bonchev–Trinajstić information content (AvgIpc) is 2.38. The van der Waals surface area contributed by atoms with Crippen LogP contribution in [0.25, 0.3) is 0 Å². The summed E-state index contributed by atoms with van der Waals surface area (Å²) in [6.45, 7) is 3.53. The molecule has 0 bridgehead atoms. The van der Waals surface area contributed by atoms with Gasteiger partial charge in [0.1, 0.15) is 5.54 Å². The van der Waals surface area contributed by atoms with E-state index in [2.05, 4.69) is 11.4 Å². The maximum Gasteiger partial charge on any atom is 0.332 e. The van der Waals surface area contributed by atoms with Crippen LogP contribution in [-0.2, 0) is 27.2 Å². The SMILES string of the molecule is CCOC(=O)C1(NC(C)=O)CCc2ccccc2C1. The summed E-state index contributed by atoms with van der Waals surface area (Å²) in [7, 11) is 0. The highest BCUT2D eigenvalue weighted by atomic mass is 16.5. The fraction of sp³-hybridized carbons (Fsp3) is 0.467. The maximum absolute atomic E-state index is 12.2. The van der Waals surface area contributed by atoms with Crippen molar-refractivity contribution in [1.29, 1.82) is 0 Å². The summed E-state index contributed by atoms with van der Waals surface area (Å²) < 4.78 is 5.15. The first-order valence-corrected chi connectivity index (χ1v) is 6.60. The highest BCUT2D eigenvalue weighted by Gasteiger charge is 2.43. The van der Waals surface area contributed by atoms with Crippen molar-refractivity contribution in [2.45, 2.75) is 38.6 Å². The number of carbonyl (C=O) groups is 2. The Kier molecular flexibility index (Phi) is 3.88. The molecule has 0 heterocycles. The average molecular weight is 261 g/mol. The van der Waals surface area contributed by atoms with Crippen LogP contribution in [0, 0.1) is 0 Å². The molecule has 0 saturated heterocycles. The van der Waals surface area contributed by atoms with Crippen LogP contribution in [0.2, 0.25) is 0 Å². The maximum atomic E-state index is 12.2. The van der Waals surface area contributed by atoms with E-state index >= 15 is 0 Å². The summed E-state index contributed by atoms with van der Waals surface area (Å²) in [4.78, 5) is 23.6. The molecule has 0 radical (unpaired) electrons. The van der Waals surface area contributed by atoms with Gasteiger partial charge in [-0.2, -0.15) is 0 Å². The summed E-state index contributed by atoms with van der Waals surface area (Å²) in [5.41, 5.74) is 1.44. The van der Waals surface area contributed by atoms with Gasteiger partial charge in [-0.1, -0.05) is 24.3 Å². The van der Waals surface area contributed by atoms with Crippen LogP contribution in [0.15, 0.2) is 24.3 Å². The van der Waals surface area contributed by atoms with E-state index in [9.17, 15) is 9.59 Å². The molecule has 0 fully saturated rings. The zero-order valence-electron chi connectivity index (χ0n) is 11.4. The molecule has 2 rings (SSSR count). The van der Waals surface area contributed by atoms with E-state index in [1.165, 1.54) is 12.5 Å². The standard InChI is InChI=1S/C15H19NO3/c1-3-19-14(18)15(16-11(2)17)9-8-12-6-4-5-7-13(12)10-15/h4-7H,3,8-10H2,1-2H3,(H,16,17). The number of fused-ring (bicyclic) bond motifs is 1. The molecule has 0 spiro atoms. The van der Waals surface area contributed by atoms with E-state index in [1.54, 1.807) is 6.92 Å². The molecule has 0 aliphatic heterocycles. The molecule has 4 heteroatoms. The van der Waals surface area contributed by atoms with E-state index in [-0.39, 0.29) is 11.9 Å². The van der Waals surface area contributed by atoms with Gasteiger partial charge in [0, 0.05) is 13.3 Å². The number of ether oxygens (including phenoxy) is 1. The van der Waals surface area contributed by atoms with Gasteiger partial charge in [0.05, 0.1) is 6.61 Å². The highest BCUT2D eigenvalue weighted by molar-refractivity contribution is 5.88. The minimum Gasteiger partial charge on any atom is -0.464 e. The minimum absolute atomic E-state index is 0.201. The molecule has 0 saturated carbocycles. The Balaban J connectivity index is 2.31. The summed E-state index contributed by atoms with van der Waals surface area (Å²) in [5.74, 6) is -0.535. The molecule has 1 N–H and O–H groups in total. The van der Waals surface area contributed by atoms with E-state index in [0.717, 1.165) is 12.0 Å². The summed E-state index contributed by atoms with van der Waals surface area (Å²) in [6.07, 6.45) is 1.86. The van der Waals surface area contributed by atoms with Crippen molar-refractivity contribution in [1.82, 2.24) is 5.32 Å². The molecule has 1 aliphatic carbocycles. The van der Waals surface area contributed by atoms with Crippen molar-refractivity contribution in [3.05, 3.63) is 35.4 Å². The molecule has 4 nitrogen and oxygen atoms in total. The zero-order valence-corrected chi connectivity index (χ0v) is 11.4. The number of benzene rings is 1. The first-order chi connectivity index (χ1) is 9.07. The Hall–Kier alpha value is -1.84. The van der Waals surface area contributed by atoms with Gasteiger partial charge in [0.15, 0.2) is 0 Å². The monoisotopic (exact) mass is 261 g/mol. The summed E-state index contributed by atoms with van der Waals surface area (Å²) in [6, 6.07) is 8.02. The van der Waals surface area contributed by atoms with Gasteiger partial charge in [-0.05, 0) is 30.9 Å². The largest absolute Gasteiger partial charge is 0.464 e. The Labute approximate surface area is 113 Å². The van der Waals surface area contributed by atoms with Gasteiger partial charge in [-0.3, -0.25) is 4.79 Å². The molecule has 1 aliphatic rings. The molecule has 1 atom stereocenters. The summed E-state index contributed by atoms with van der Waals surface area (Å²) >= 11 is 0. The Bertz CT molecular complexity index is 498. The lowest BCUT2D eigenvalue weighted by Crippen LogP contribution is -2.58. The molecule has 1 amide bonds. The van der Waals surface area contributed by atoms with Crippen molar-refractivity contribution in [3.8, 4) is 0 Å². The Morgan fingerprint density at radius 2 is 2.00 bits per heavy atom. The van der Waals surface area contributed by atoms with E-state index in [4.69, 9.17) is 4.74 Å². The zero-order chi connectivity index (χ0) is 13.9. The first-order valence-electron chi connectivity index (χ1n) is 6.60. The molecule has 0 aromatic heterocycles. The third kappa shape index (κ3) is 2.78. The van der Waals surface area contributed by atoms with Crippen LogP contribution in [-0.4, -0.2) is 24.0 Å². The second kappa shape index (κ2) is 5.43. The number of hydrogen-bond donors (Lipinski definition) is 1. The second-order valence-electron chi connectivity index (χ2n) is 4.93.